The van der Waals surface area contributed by atoms with Crippen LogP contribution in [-0.4, -0.2) is 5.91 Å². The maximum absolute atomic E-state index is 13.4. The monoisotopic (exact) mass is 307 g/mol. The van der Waals surface area contributed by atoms with Gasteiger partial charge in [-0.25, -0.2) is 4.39 Å². The summed E-state index contributed by atoms with van der Waals surface area (Å²) in [7, 11) is 0. The van der Waals surface area contributed by atoms with Crippen molar-refractivity contribution < 1.29 is 9.18 Å². The number of hydrogen-bond acceptors (Lipinski definition) is 1. The Morgan fingerprint density at radius 2 is 1.78 bits per heavy atom. The number of rotatable bonds is 3. The number of nitrogens with one attached hydrogen (secondary N) is 1. The van der Waals surface area contributed by atoms with Crippen LogP contribution in [0, 0.1) is 5.82 Å². The molecule has 4 heteroatoms. The number of carbonyl (C=O) groups is 1. The summed E-state index contributed by atoms with van der Waals surface area (Å²) >= 11 is 3.33. The first-order valence-electron chi connectivity index (χ1n) is 5.41. The standard InChI is InChI=1S/C14H11BrFNO/c15-9-10-5-7-11(8-6-10)14(18)17-13-4-2-1-3-12(13)16/h1-8H,9H2,(H,17,18). The second kappa shape index (κ2) is 5.78. The third-order valence-electron chi connectivity index (χ3n) is 2.49. The summed E-state index contributed by atoms with van der Waals surface area (Å²) in [5.41, 5.74) is 1.77. The molecule has 18 heavy (non-hydrogen) atoms. The Morgan fingerprint density at radius 1 is 1.11 bits per heavy atom. The number of amides is 1. The molecule has 0 spiro atoms. The predicted molar refractivity (Wildman–Crippen MR) is 73.4 cm³/mol. The number of alkyl halides is 1. The molecule has 0 unspecified atom stereocenters. The van der Waals surface area contributed by atoms with E-state index in [1.54, 1.807) is 24.3 Å². The summed E-state index contributed by atoms with van der Waals surface area (Å²) in [6, 6.07) is 13.2. The van der Waals surface area contributed by atoms with Crippen molar-refractivity contribution in [1.82, 2.24) is 0 Å². The normalized spacial score (nSPS) is 10.1. The van der Waals surface area contributed by atoms with Crippen LogP contribution in [0.15, 0.2) is 48.5 Å². The van der Waals surface area contributed by atoms with Crippen molar-refractivity contribution >= 4 is 27.5 Å². The number of anilines is 1. The number of hydrogen-bond donors (Lipinski definition) is 1. The molecule has 0 saturated carbocycles. The first-order valence-corrected chi connectivity index (χ1v) is 6.53. The highest BCUT2D eigenvalue weighted by atomic mass is 79.9. The number of halogens is 2. The molecule has 2 nitrogen and oxygen atoms in total. The largest absolute Gasteiger partial charge is 0.319 e. The fourth-order valence-electron chi connectivity index (χ4n) is 1.50. The molecular formula is C14H11BrFNO. The third kappa shape index (κ3) is 2.96. The highest BCUT2D eigenvalue weighted by molar-refractivity contribution is 9.08. The third-order valence-corrected chi connectivity index (χ3v) is 3.14. The molecule has 0 fully saturated rings. The molecule has 0 atom stereocenters. The Labute approximate surface area is 113 Å². The highest BCUT2D eigenvalue weighted by Crippen LogP contribution is 2.14. The van der Waals surface area contributed by atoms with E-state index in [0.717, 1.165) is 10.9 Å². The molecule has 0 aliphatic carbocycles. The molecule has 0 bridgehead atoms. The van der Waals surface area contributed by atoms with Crippen molar-refractivity contribution in [2.45, 2.75) is 5.33 Å². The van der Waals surface area contributed by atoms with Gasteiger partial charge in [-0.1, -0.05) is 40.2 Å². The number of benzene rings is 2. The molecule has 0 saturated heterocycles. The molecule has 1 N–H and O–H groups in total. The van der Waals surface area contributed by atoms with Crippen LogP contribution in [0.1, 0.15) is 15.9 Å². The molecule has 0 radical (unpaired) electrons. The smallest absolute Gasteiger partial charge is 0.255 e. The second-order valence-electron chi connectivity index (χ2n) is 3.76. The zero-order chi connectivity index (χ0) is 13.0. The summed E-state index contributed by atoms with van der Waals surface area (Å²) < 4.78 is 13.4. The maximum Gasteiger partial charge on any atom is 0.255 e. The Kier molecular flexibility index (Phi) is 4.10. The van der Waals surface area contributed by atoms with E-state index < -0.39 is 5.82 Å². The number of para-hydroxylation sites is 1. The fraction of sp³-hybridized carbons (Fsp3) is 0.0714. The van der Waals surface area contributed by atoms with Gasteiger partial charge in [0.1, 0.15) is 5.82 Å². The van der Waals surface area contributed by atoms with Gasteiger partial charge in [-0.05, 0) is 29.8 Å². The SMILES string of the molecule is O=C(Nc1ccccc1F)c1ccc(CBr)cc1. The highest BCUT2D eigenvalue weighted by Gasteiger charge is 2.08. The Balaban J connectivity index is 2.14. The molecule has 0 heterocycles. The van der Waals surface area contributed by atoms with E-state index in [-0.39, 0.29) is 11.6 Å². The summed E-state index contributed by atoms with van der Waals surface area (Å²) in [5.74, 6) is -0.760. The van der Waals surface area contributed by atoms with Crippen LogP contribution in [0.2, 0.25) is 0 Å². The lowest BCUT2D eigenvalue weighted by Gasteiger charge is -2.06. The minimum Gasteiger partial charge on any atom is -0.319 e. The van der Waals surface area contributed by atoms with Crippen LogP contribution in [0.3, 0.4) is 0 Å². The van der Waals surface area contributed by atoms with Gasteiger partial charge in [0.05, 0.1) is 5.69 Å². The van der Waals surface area contributed by atoms with Crippen molar-refractivity contribution in [3.63, 3.8) is 0 Å². The van der Waals surface area contributed by atoms with Crippen molar-refractivity contribution in [1.29, 1.82) is 0 Å². The van der Waals surface area contributed by atoms with Crippen molar-refractivity contribution in [2.75, 3.05) is 5.32 Å². The summed E-state index contributed by atoms with van der Waals surface area (Å²) in [4.78, 5) is 11.9. The van der Waals surface area contributed by atoms with Gasteiger partial charge in [0.15, 0.2) is 0 Å². The molecule has 2 aromatic rings. The Hall–Kier alpha value is -1.68. The molecule has 1 amide bonds. The lowest BCUT2D eigenvalue weighted by Crippen LogP contribution is -2.12. The maximum atomic E-state index is 13.4. The van der Waals surface area contributed by atoms with E-state index in [2.05, 4.69) is 21.2 Å². The Bertz CT molecular complexity index is 554. The minimum atomic E-state index is -0.442. The fourth-order valence-corrected chi connectivity index (χ4v) is 1.88. The zero-order valence-corrected chi connectivity index (χ0v) is 11.1. The van der Waals surface area contributed by atoms with Gasteiger partial charge in [0.25, 0.3) is 5.91 Å². The van der Waals surface area contributed by atoms with Gasteiger partial charge in [0, 0.05) is 10.9 Å². The Morgan fingerprint density at radius 3 is 2.39 bits per heavy atom. The molecule has 0 aliphatic rings. The number of carbonyl (C=O) groups excluding carboxylic acids is 1. The van der Waals surface area contributed by atoms with Crippen LogP contribution < -0.4 is 5.32 Å². The first-order chi connectivity index (χ1) is 8.70. The van der Waals surface area contributed by atoms with E-state index in [0.29, 0.717) is 5.56 Å². The van der Waals surface area contributed by atoms with Gasteiger partial charge >= 0.3 is 0 Å². The van der Waals surface area contributed by atoms with Crippen LogP contribution in [0.25, 0.3) is 0 Å². The quantitative estimate of drug-likeness (QED) is 0.854. The van der Waals surface area contributed by atoms with Crippen molar-refractivity contribution in [2.24, 2.45) is 0 Å². The average Bonchev–Trinajstić information content (AvgIpc) is 2.41. The van der Waals surface area contributed by atoms with Gasteiger partial charge in [-0.2, -0.15) is 0 Å². The summed E-state index contributed by atoms with van der Waals surface area (Å²) in [6.45, 7) is 0. The van der Waals surface area contributed by atoms with E-state index in [4.69, 9.17) is 0 Å². The topological polar surface area (TPSA) is 29.1 Å². The summed E-state index contributed by atoms with van der Waals surface area (Å²) in [6.07, 6.45) is 0. The van der Waals surface area contributed by atoms with Gasteiger partial charge in [-0.15, -0.1) is 0 Å². The lowest BCUT2D eigenvalue weighted by molar-refractivity contribution is 0.102. The van der Waals surface area contributed by atoms with Crippen LogP contribution >= 0.6 is 15.9 Å². The van der Waals surface area contributed by atoms with Gasteiger partial charge in [-0.3, -0.25) is 4.79 Å². The van der Waals surface area contributed by atoms with Crippen molar-refractivity contribution in [3.05, 3.63) is 65.5 Å². The van der Waals surface area contributed by atoms with Crippen LogP contribution in [-0.2, 0) is 5.33 Å². The summed E-state index contributed by atoms with van der Waals surface area (Å²) in [5, 5.41) is 3.28. The van der Waals surface area contributed by atoms with E-state index in [1.165, 1.54) is 12.1 Å². The molecule has 92 valence electrons. The average molecular weight is 308 g/mol. The van der Waals surface area contributed by atoms with E-state index in [9.17, 15) is 9.18 Å². The molecule has 2 rings (SSSR count). The molecular weight excluding hydrogens is 297 g/mol. The lowest BCUT2D eigenvalue weighted by atomic mass is 10.1. The van der Waals surface area contributed by atoms with E-state index >= 15 is 0 Å². The minimum absolute atomic E-state index is 0.187. The predicted octanol–water partition coefficient (Wildman–Crippen LogP) is 3.97. The molecule has 0 aromatic heterocycles. The first kappa shape index (κ1) is 12.8. The van der Waals surface area contributed by atoms with Gasteiger partial charge in [0.2, 0.25) is 0 Å². The van der Waals surface area contributed by atoms with Crippen LogP contribution in [0.4, 0.5) is 10.1 Å². The van der Waals surface area contributed by atoms with E-state index in [1.807, 2.05) is 12.1 Å². The molecule has 2 aromatic carbocycles. The zero-order valence-electron chi connectivity index (χ0n) is 9.49. The second-order valence-corrected chi connectivity index (χ2v) is 4.33. The van der Waals surface area contributed by atoms with Gasteiger partial charge < -0.3 is 5.32 Å². The molecule has 0 aliphatic heterocycles. The van der Waals surface area contributed by atoms with Crippen molar-refractivity contribution in [3.8, 4) is 0 Å². The van der Waals surface area contributed by atoms with Crippen LogP contribution in [0.5, 0.6) is 0 Å².